The van der Waals surface area contributed by atoms with E-state index in [1.165, 1.54) is 0 Å². The minimum atomic E-state index is -0.367. The lowest BCUT2D eigenvalue weighted by Crippen LogP contribution is -2.29. The van der Waals surface area contributed by atoms with E-state index < -0.39 is 0 Å². The smallest absolute Gasteiger partial charge is 0.274 e. The van der Waals surface area contributed by atoms with Crippen LogP contribution in [0.5, 0.6) is 5.75 Å². The molecule has 0 radical (unpaired) electrons. The minimum Gasteiger partial charge on any atom is -0.497 e. The van der Waals surface area contributed by atoms with Crippen LogP contribution in [0.3, 0.4) is 0 Å². The van der Waals surface area contributed by atoms with Crippen LogP contribution in [0.4, 0.5) is 0 Å². The lowest BCUT2D eigenvalue weighted by molar-refractivity contribution is 0.0934. The third-order valence-corrected chi connectivity index (χ3v) is 5.08. The highest BCUT2D eigenvalue weighted by Gasteiger charge is 2.22. The number of aryl methyl sites for hydroxylation is 1. The van der Waals surface area contributed by atoms with E-state index in [1.54, 1.807) is 24.1 Å². The monoisotopic (exact) mass is 402 g/mol. The average molecular weight is 402 g/mol. The first kappa shape index (κ1) is 19.4. The van der Waals surface area contributed by atoms with Crippen molar-refractivity contribution in [3.63, 3.8) is 0 Å². The summed E-state index contributed by atoms with van der Waals surface area (Å²) in [5, 5.41) is 11.2. The molecule has 0 saturated heterocycles. The molecular weight excluding hydrogens is 380 g/mol. The second kappa shape index (κ2) is 8.24. The van der Waals surface area contributed by atoms with Crippen LogP contribution < -0.4 is 10.1 Å². The summed E-state index contributed by atoms with van der Waals surface area (Å²) in [7, 11) is 3.47. The quantitative estimate of drug-likeness (QED) is 0.529. The highest BCUT2D eigenvalue weighted by molar-refractivity contribution is 5.93. The highest BCUT2D eigenvalue weighted by atomic mass is 16.5. The number of rotatable bonds is 6. The van der Waals surface area contributed by atoms with Crippen LogP contribution in [-0.4, -0.2) is 28.0 Å². The number of aromatic nitrogens is 3. The van der Waals surface area contributed by atoms with Gasteiger partial charge in [-0.3, -0.25) is 9.48 Å². The molecule has 7 heteroatoms. The Hall–Kier alpha value is -3.87. The number of methoxy groups -OCH3 is 1. The van der Waals surface area contributed by atoms with Gasteiger partial charge >= 0.3 is 0 Å². The van der Waals surface area contributed by atoms with E-state index in [0.717, 1.165) is 28.1 Å². The summed E-state index contributed by atoms with van der Waals surface area (Å²) in [5.41, 5.74) is 3.79. The zero-order valence-electron chi connectivity index (χ0n) is 17.0. The molecule has 0 aliphatic rings. The van der Waals surface area contributed by atoms with E-state index in [4.69, 9.17) is 9.26 Å². The molecule has 4 rings (SSSR count). The Kier molecular flexibility index (Phi) is 5.34. The average Bonchev–Trinajstić information content (AvgIpc) is 3.39. The lowest BCUT2D eigenvalue weighted by atomic mass is 9.98. The molecule has 2 aromatic carbocycles. The van der Waals surface area contributed by atoms with Crippen molar-refractivity contribution in [1.29, 1.82) is 0 Å². The molecule has 152 valence electrons. The summed E-state index contributed by atoms with van der Waals surface area (Å²) in [6, 6.07) is 18.6. The minimum absolute atomic E-state index is 0.206. The molecule has 30 heavy (non-hydrogen) atoms. The van der Waals surface area contributed by atoms with E-state index in [1.807, 2.05) is 68.6 Å². The van der Waals surface area contributed by atoms with Gasteiger partial charge < -0.3 is 14.6 Å². The van der Waals surface area contributed by atoms with Crippen LogP contribution in [-0.2, 0) is 7.05 Å². The summed E-state index contributed by atoms with van der Waals surface area (Å²) in [5.74, 6) is 0.894. The first-order chi connectivity index (χ1) is 14.6. The molecule has 0 bridgehead atoms. The fourth-order valence-corrected chi connectivity index (χ4v) is 3.28. The standard InChI is InChI=1S/C23H22N4O3/c1-15-19(14-24-27(15)2)21-13-20(26-30-21)23(28)25-22(16-8-5-4-6-9-16)17-10-7-11-18(12-17)29-3/h4-14,22H,1-3H3,(H,25,28). The van der Waals surface area contributed by atoms with E-state index in [-0.39, 0.29) is 17.6 Å². The SMILES string of the molecule is COc1cccc(C(NC(=O)c2cc(-c3cnn(C)c3C)on2)c2ccccc2)c1. The van der Waals surface area contributed by atoms with Crippen LogP contribution in [0, 0.1) is 6.92 Å². The van der Waals surface area contributed by atoms with Crippen LogP contribution in [0.1, 0.15) is 33.4 Å². The Morgan fingerprint density at radius 3 is 2.57 bits per heavy atom. The predicted molar refractivity (Wildman–Crippen MR) is 112 cm³/mol. The van der Waals surface area contributed by atoms with E-state index in [9.17, 15) is 4.79 Å². The fraction of sp³-hybridized carbons (Fsp3) is 0.174. The van der Waals surface area contributed by atoms with Crippen molar-refractivity contribution in [2.45, 2.75) is 13.0 Å². The summed E-state index contributed by atoms with van der Waals surface area (Å²) in [6.45, 7) is 1.93. The number of hydrogen-bond acceptors (Lipinski definition) is 5. The molecule has 7 nitrogen and oxygen atoms in total. The maximum Gasteiger partial charge on any atom is 0.274 e. The third-order valence-electron chi connectivity index (χ3n) is 5.08. The van der Waals surface area contributed by atoms with E-state index in [0.29, 0.717) is 5.76 Å². The van der Waals surface area contributed by atoms with Gasteiger partial charge in [0.25, 0.3) is 5.91 Å². The van der Waals surface area contributed by atoms with E-state index in [2.05, 4.69) is 15.6 Å². The van der Waals surface area contributed by atoms with Crippen molar-refractivity contribution in [3.8, 4) is 17.1 Å². The zero-order chi connectivity index (χ0) is 21.1. The van der Waals surface area contributed by atoms with Gasteiger partial charge in [0, 0.05) is 18.8 Å². The number of hydrogen-bond donors (Lipinski definition) is 1. The largest absolute Gasteiger partial charge is 0.497 e. The van der Waals surface area contributed by atoms with Crippen molar-refractivity contribution in [3.05, 3.63) is 89.4 Å². The summed E-state index contributed by atoms with van der Waals surface area (Å²) in [6.07, 6.45) is 1.69. The van der Waals surface area contributed by atoms with Crippen LogP contribution >= 0.6 is 0 Å². The molecule has 0 aliphatic heterocycles. The normalized spacial score (nSPS) is 11.8. The van der Waals surface area contributed by atoms with Gasteiger partial charge in [-0.1, -0.05) is 47.6 Å². The van der Waals surface area contributed by atoms with Crippen molar-refractivity contribution >= 4 is 5.91 Å². The predicted octanol–water partition coefficient (Wildman–Crippen LogP) is 3.91. The number of amides is 1. The maximum absolute atomic E-state index is 13.0. The lowest BCUT2D eigenvalue weighted by Gasteiger charge is -2.19. The van der Waals surface area contributed by atoms with Gasteiger partial charge in [0.1, 0.15) is 5.75 Å². The molecule has 1 atom stereocenters. The van der Waals surface area contributed by atoms with Gasteiger partial charge in [-0.15, -0.1) is 0 Å². The van der Waals surface area contributed by atoms with Crippen LogP contribution in [0.2, 0.25) is 0 Å². The Balaban J connectivity index is 1.63. The summed E-state index contributed by atoms with van der Waals surface area (Å²) >= 11 is 0. The maximum atomic E-state index is 13.0. The van der Waals surface area contributed by atoms with Gasteiger partial charge in [-0.2, -0.15) is 5.10 Å². The number of ether oxygens (including phenoxy) is 1. The van der Waals surface area contributed by atoms with Gasteiger partial charge in [-0.25, -0.2) is 0 Å². The van der Waals surface area contributed by atoms with Crippen molar-refractivity contribution < 1.29 is 14.1 Å². The number of nitrogens with one attached hydrogen (secondary N) is 1. The fourth-order valence-electron chi connectivity index (χ4n) is 3.28. The molecule has 0 spiro atoms. The number of carbonyl (C=O) groups excluding carboxylic acids is 1. The molecule has 1 unspecified atom stereocenters. The number of carbonyl (C=O) groups is 1. The van der Waals surface area contributed by atoms with Gasteiger partial charge in [0.05, 0.1) is 24.9 Å². The highest BCUT2D eigenvalue weighted by Crippen LogP contribution is 2.27. The Morgan fingerprint density at radius 1 is 1.10 bits per heavy atom. The Labute approximate surface area is 174 Å². The molecule has 2 aromatic heterocycles. The Bertz CT molecular complexity index is 1160. The summed E-state index contributed by atoms with van der Waals surface area (Å²) < 4.78 is 12.5. The first-order valence-corrected chi connectivity index (χ1v) is 9.52. The first-order valence-electron chi connectivity index (χ1n) is 9.52. The van der Waals surface area contributed by atoms with Gasteiger partial charge in [-0.05, 0) is 30.2 Å². The van der Waals surface area contributed by atoms with E-state index >= 15 is 0 Å². The zero-order valence-corrected chi connectivity index (χ0v) is 17.0. The molecule has 0 saturated carbocycles. The van der Waals surface area contributed by atoms with Crippen molar-refractivity contribution in [2.75, 3.05) is 7.11 Å². The summed E-state index contributed by atoms with van der Waals surface area (Å²) in [4.78, 5) is 13.0. The van der Waals surface area contributed by atoms with Crippen LogP contribution in [0.15, 0.2) is 71.4 Å². The molecular formula is C23H22N4O3. The molecule has 1 N–H and O–H groups in total. The van der Waals surface area contributed by atoms with Crippen molar-refractivity contribution in [1.82, 2.24) is 20.3 Å². The van der Waals surface area contributed by atoms with Crippen molar-refractivity contribution in [2.24, 2.45) is 7.05 Å². The van der Waals surface area contributed by atoms with Crippen LogP contribution in [0.25, 0.3) is 11.3 Å². The molecule has 2 heterocycles. The number of nitrogens with zero attached hydrogens (tertiary/aromatic N) is 3. The van der Waals surface area contributed by atoms with Gasteiger partial charge in [0.2, 0.25) is 0 Å². The molecule has 1 amide bonds. The number of benzene rings is 2. The topological polar surface area (TPSA) is 82.2 Å². The molecule has 4 aromatic rings. The molecule has 0 fully saturated rings. The third kappa shape index (κ3) is 3.82. The van der Waals surface area contributed by atoms with Gasteiger partial charge in [0.15, 0.2) is 11.5 Å². The second-order valence-electron chi connectivity index (χ2n) is 6.94. The second-order valence-corrected chi connectivity index (χ2v) is 6.94. The molecule has 0 aliphatic carbocycles. The Morgan fingerprint density at radius 2 is 1.87 bits per heavy atom.